The highest BCUT2D eigenvalue weighted by Gasteiger charge is 2.53. The van der Waals surface area contributed by atoms with Gasteiger partial charge in [-0.1, -0.05) is 6.07 Å². The Morgan fingerprint density at radius 1 is 1.30 bits per heavy atom. The Hall–Kier alpha value is -2.09. The molecular formula is C19H23F2N3O3. The predicted molar refractivity (Wildman–Crippen MR) is 91.7 cm³/mol. The van der Waals surface area contributed by atoms with E-state index in [1.807, 2.05) is 12.1 Å². The molecule has 1 aliphatic carbocycles. The van der Waals surface area contributed by atoms with Crippen LogP contribution in [0.5, 0.6) is 0 Å². The third-order valence-electron chi connectivity index (χ3n) is 5.77. The third-order valence-corrected chi connectivity index (χ3v) is 5.77. The number of amides is 2. The van der Waals surface area contributed by atoms with Crippen LogP contribution in [0.15, 0.2) is 24.4 Å². The van der Waals surface area contributed by atoms with Crippen molar-refractivity contribution < 1.29 is 23.1 Å². The normalized spacial score (nSPS) is 29.7. The summed E-state index contributed by atoms with van der Waals surface area (Å²) in [5, 5.41) is 2.86. The van der Waals surface area contributed by atoms with Crippen molar-refractivity contribution in [3.8, 4) is 0 Å². The summed E-state index contributed by atoms with van der Waals surface area (Å²) in [5.41, 5.74) is 0.751. The molecule has 3 aliphatic rings. The van der Waals surface area contributed by atoms with E-state index in [1.54, 1.807) is 17.2 Å². The van der Waals surface area contributed by atoms with Gasteiger partial charge < -0.3 is 15.0 Å². The smallest absolute Gasteiger partial charge is 0.249 e. The average molecular weight is 379 g/mol. The number of pyridine rings is 1. The number of ether oxygens (including phenoxy) is 1. The van der Waals surface area contributed by atoms with Crippen molar-refractivity contribution in [1.82, 2.24) is 15.2 Å². The predicted octanol–water partition coefficient (Wildman–Crippen LogP) is 1.75. The maximum atomic E-state index is 13.2. The summed E-state index contributed by atoms with van der Waals surface area (Å²) in [7, 11) is 0. The SMILES string of the molecule is O=C(NCc1ccccn1)[C@@H]1C[C@H]2OCC[C@H]2N(C(=O)C2CC(F)(F)C2)C1. The lowest BCUT2D eigenvalue weighted by molar-refractivity contribution is -0.166. The number of aromatic nitrogens is 1. The molecule has 3 fully saturated rings. The van der Waals surface area contributed by atoms with E-state index in [0.717, 1.165) is 5.69 Å². The fourth-order valence-electron chi connectivity index (χ4n) is 4.28. The minimum Gasteiger partial charge on any atom is -0.376 e. The number of nitrogens with one attached hydrogen (secondary N) is 1. The molecule has 2 saturated heterocycles. The van der Waals surface area contributed by atoms with Crippen LogP contribution in [0.1, 0.15) is 31.4 Å². The van der Waals surface area contributed by atoms with Gasteiger partial charge in [0.05, 0.1) is 30.3 Å². The van der Waals surface area contributed by atoms with Gasteiger partial charge in [-0.15, -0.1) is 0 Å². The maximum Gasteiger partial charge on any atom is 0.249 e. The quantitative estimate of drug-likeness (QED) is 0.865. The van der Waals surface area contributed by atoms with E-state index >= 15 is 0 Å². The fraction of sp³-hybridized carbons (Fsp3) is 0.632. The summed E-state index contributed by atoms with van der Waals surface area (Å²) in [6, 6.07) is 5.37. The van der Waals surface area contributed by atoms with Crippen molar-refractivity contribution in [2.45, 2.75) is 50.3 Å². The molecule has 0 spiro atoms. The molecule has 8 heteroatoms. The Morgan fingerprint density at radius 3 is 2.81 bits per heavy atom. The Morgan fingerprint density at radius 2 is 2.11 bits per heavy atom. The van der Waals surface area contributed by atoms with Crippen molar-refractivity contribution >= 4 is 11.8 Å². The lowest BCUT2D eigenvalue weighted by Gasteiger charge is -2.44. The molecule has 1 N–H and O–H groups in total. The first-order chi connectivity index (χ1) is 12.9. The van der Waals surface area contributed by atoms with Crippen LogP contribution in [-0.4, -0.2) is 52.9 Å². The third kappa shape index (κ3) is 3.81. The largest absolute Gasteiger partial charge is 0.376 e. The van der Waals surface area contributed by atoms with Gasteiger partial charge >= 0.3 is 0 Å². The van der Waals surface area contributed by atoms with Gasteiger partial charge in [-0.3, -0.25) is 14.6 Å². The van der Waals surface area contributed by atoms with Crippen LogP contribution in [0, 0.1) is 11.8 Å². The van der Waals surface area contributed by atoms with Crippen LogP contribution in [0.4, 0.5) is 8.78 Å². The molecule has 3 heterocycles. The molecule has 6 nitrogen and oxygen atoms in total. The number of fused-ring (bicyclic) bond motifs is 1. The number of likely N-dealkylation sites (tertiary alicyclic amines) is 1. The van der Waals surface area contributed by atoms with Gasteiger partial charge in [0.25, 0.3) is 0 Å². The van der Waals surface area contributed by atoms with Crippen molar-refractivity contribution in [3.05, 3.63) is 30.1 Å². The zero-order valence-corrected chi connectivity index (χ0v) is 14.9. The lowest BCUT2D eigenvalue weighted by Crippen LogP contribution is -2.58. The highest BCUT2D eigenvalue weighted by Crippen LogP contribution is 2.44. The molecule has 0 aromatic carbocycles. The number of rotatable bonds is 4. The zero-order valence-electron chi connectivity index (χ0n) is 14.9. The van der Waals surface area contributed by atoms with Crippen LogP contribution in [-0.2, 0) is 20.9 Å². The number of hydrogen-bond donors (Lipinski definition) is 1. The first kappa shape index (κ1) is 18.3. The molecule has 1 aromatic heterocycles. The van der Waals surface area contributed by atoms with E-state index in [9.17, 15) is 18.4 Å². The van der Waals surface area contributed by atoms with Gasteiger partial charge in [0.15, 0.2) is 0 Å². The number of carbonyl (C=O) groups excluding carboxylic acids is 2. The summed E-state index contributed by atoms with van der Waals surface area (Å²) < 4.78 is 32.1. The second-order valence-corrected chi connectivity index (χ2v) is 7.69. The van der Waals surface area contributed by atoms with Crippen molar-refractivity contribution in [2.75, 3.05) is 13.2 Å². The minimum absolute atomic E-state index is 0.105. The zero-order chi connectivity index (χ0) is 19.0. The van der Waals surface area contributed by atoms with Gasteiger partial charge in [-0.25, -0.2) is 8.78 Å². The van der Waals surface area contributed by atoms with Crippen molar-refractivity contribution in [3.63, 3.8) is 0 Å². The number of carbonyl (C=O) groups is 2. The Kier molecular flexibility index (Phi) is 4.84. The van der Waals surface area contributed by atoms with E-state index in [2.05, 4.69) is 10.3 Å². The lowest BCUT2D eigenvalue weighted by atomic mass is 9.79. The second kappa shape index (κ2) is 7.14. The van der Waals surface area contributed by atoms with Gasteiger partial charge in [0.2, 0.25) is 17.7 Å². The first-order valence-electron chi connectivity index (χ1n) is 9.40. The number of hydrogen-bond acceptors (Lipinski definition) is 4. The van der Waals surface area contributed by atoms with Crippen molar-refractivity contribution in [1.29, 1.82) is 0 Å². The second-order valence-electron chi connectivity index (χ2n) is 7.69. The Balaban J connectivity index is 1.40. The summed E-state index contributed by atoms with van der Waals surface area (Å²) in [6.07, 6.45) is 1.92. The van der Waals surface area contributed by atoms with Crippen LogP contribution < -0.4 is 5.32 Å². The van der Waals surface area contributed by atoms with Crippen LogP contribution in [0.25, 0.3) is 0 Å². The first-order valence-corrected chi connectivity index (χ1v) is 9.40. The fourth-order valence-corrected chi connectivity index (χ4v) is 4.28. The van der Waals surface area contributed by atoms with Gasteiger partial charge in [-0.2, -0.15) is 0 Å². The molecule has 1 aromatic rings. The average Bonchev–Trinajstić information content (AvgIpc) is 3.12. The minimum atomic E-state index is -2.73. The molecule has 4 rings (SSSR count). The molecule has 27 heavy (non-hydrogen) atoms. The molecule has 0 bridgehead atoms. The van der Waals surface area contributed by atoms with Crippen LogP contribution in [0.3, 0.4) is 0 Å². The van der Waals surface area contributed by atoms with E-state index in [1.165, 1.54) is 0 Å². The van der Waals surface area contributed by atoms with Gasteiger partial charge in [0, 0.05) is 38.1 Å². The van der Waals surface area contributed by atoms with E-state index in [0.29, 0.717) is 26.0 Å². The van der Waals surface area contributed by atoms with E-state index in [4.69, 9.17) is 4.74 Å². The monoisotopic (exact) mass is 379 g/mol. The van der Waals surface area contributed by atoms with E-state index < -0.39 is 30.6 Å². The number of piperidine rings is 1. The van der Waals surface area contributed by atoms with Crippen LogP contribution >= 0.6 is 0 Å². The molecule has 2 aliphatic heterocycles. The molecule has 3 atom stereocenters. The molecule has 1 saturated carbocycles. The van der Waals surface area contributed by atoms with Gasteiger partial charge in [0.1, 0.15) is 0 Å². The molecular weight excluding hydrogens is 356 g/mol. The van der Waals surface area contributed by atoms with E-state index in [-0.39, 0.29) is 30.5 Å². The Bertz CT molecular complexity index is 707. The number of alkyl halides is 2. The number of halogens is 2. The van der Waals surface area contributed by atoms with Gasteiger partial charge in [-0.05, 0) is 25.0 Å². The summed E-state index contributed by atoms with van der Waals surface area (Å²) in [4.78, 5) is 31.2. The number of nitrogens with zero attached hydrogens (tertiary/aromatic N) is 2. The maximum absolute atomic E-state index is 13.2. The van der Waals surface area contributed by atoms with Crippen LogP contribution in [0.2, 0.25) is 0 Å². The topological polar surface area (TPSA) is 71.5 Å². The summed E-state index contributed by atoms with van der Waals surface area (Å²) in [6.45, 7) is 1.11. The van der Waals surface area contributed by atoms with Crippen molar-refractivity contribution in [2.24, 2.45) is 11.8 Å². The molecule has 0 unspecified atom stereocenters. The Labute approximate surface area is 156 Å². The summed E-state index contributed by atoms with van der Waals surface area (Å²) in [5.74, 6) is -4.20. The molecule has 2 amide bonds. The standard InChI is InChI=1S/C19H23F2N3O3/c20-19(21)8-13(9-19)18(26)24-11-12(7-16-15(24)4-6-27-16)17(25)23-10-14-3-1-2-5-22-14/h1-3,5,12-13,15-16H,4,6-11H2,(H,23,25)/t12-,15-,16-/m1/s1. The highest BCUT2D eigenvalue weighted by atomic mass is 19.3. The summed E-state index contributed by atoms with van der Waals surface area (Å²) >= 11 is 0. The molecule has 146 valence electrons. The highest BCUT2D eigenvalue weighted by molar-refractivity contribution is 5.83. The molecule has 0 radical (unpaired) electrons.